The number of nitrogens with one attached hydrogen (secondary N) is 2. The molecule has 1 saturated carbocycles. The lowest BCUT2D eigenvalue weighted by atomic mass is 9.64. The Morgan fingerprint density at radius 3 is 2.50 bits per heavy atom. The summed E-state index contributed by atoms with van der Waals surface area (Å²) >= 11 is 0. The number of hydrogen-bond donors (Lipinski definition) is 2. The zero-order valence-corrected chi connectivity index (χ0v) is 16.4. The van der Waals surface area contributed by atoms with Crippen molar-refractivity contribution in [1.29, 1.82) is 0 Å². The summed E-state index contributed by atoms with van der Waals surface area (Å²) in [5.41, 5.74) is 0.515. The Bertz CT molecular complexity index is 389. The van der Waals surface area contributed by atoms with Crippen LogP contribution in [0.3, 0.4) is 0 Å². The molecular weight excluding hydrogens is 298 g/mol. The normalized spacial score (nSPS) is 23.0. The number of rotatable bonds is 7. The Balaban J connectivity index is 1.67. The van der Waals surface area contributed by atoms with Crippen LogP contribution in [0.2, 0.25) is 0 Å². The Labute approximate surface area is 149 Å². The lowest BCUT2D eigenvalue weighted by molar-refractivity contribution is 0.104. The zero-order valence-electron chi connectivity index (χ0n) is 16.4. The first-order valence-electron chi connectivity index (χ1n) is 9.88. The summed E-state index contributed by atoms with van der Waals surface area (Å²) in [6.45, 7) is 12.6. The quantitative estimate of drug-likeness (QED) is 0.551. The molecule has 0 bridgehead atoms. The van der Waals surface area contributed by atoms with E-state index < -0.39 is 0 Å². The van der Waals surface area contributed by atoms with Crippen LogP contribution in [0.15, 0.2) is 4.99 Å². The van der Waals surface area contributed by atoms with Crippen molar-refractivity contribution in [1.82, 2.24) is 20.4 Å². The second-order valence-corrected chi connectivity index (χ2v) is 8.30. The summed E-state index contributed by atoms with van der Waals surface area (Å²) in [6, 6.07) is 0. The van der Waals surface area contributed by atoms with Gasteiger partial charge in [-0.15, -0.1) is 0 Å². The molecule has 1 saturated heterocycles. The van der Waals surface area contributed by atoms with Gasteiger partial charge in [0.2, 0.25) is 0 Å². The SMILES string of the molecule is CN=C(NCCN1CCCN(C)CC1)NCC1(CC(C)C)CCC1. The fourth-order valence-corrected chi connectivity index (χ4v) is 4.14. The highest BCUT2D eigenvalue weighted by molar-refractivity contribution is 5.79. The van der Waals surface area contributed by atoms with E-state index in [1.807, 2.05) is 7.05 Å². The van der Waals surface area contributed by atoms with Gasteiger partial charge in [0.05, 0.1) is 0 Å². The van der Waals surface area contributed by atoms with Gasteiger partial charge >= 0.3 is 0 Å². The molecule has 0 spiro atoms. The van der Waals surface area contributed by atoms with E-state index in [1.54, 1.807) is 0 Å². The average Bonchev–Trinajstić information content (AvgIpc) is 2.72. The standard InChI is InChI=1S/C19H39N5/c1-17(2)15-19(7-5-8-19)16-22-18(20-3)21-9-12-24-11-6-10-23(4)13-14-24/h17H,5-16H2,1-4H3,(H2,20,21,22). The van der Waals surface area contributed by atoms with Crippen molar-refractivity contribution in [2.45, 2.75) is 46.0 Å². The largest absolute Gasteiger partial charge is 0.356 e. The molecule has 5 heteroatoms. The monoisotopic (exact) mass is 337 g/mol. The lowest BCUT2D eigenvalue weighted by Crippen LogP contribution is -2.48. The van der Waals surface area contributed by atoms with Gasteiger partial charge in [-0.2, -0.15) is 0 Å². The molecule has 0 radical (unpaired) electrons. The van der Waals surface area contributed by atoms with Gasteiger partial charge in [0.25, 0.3) is 0 Å². The highest BCUT2D eigenvalue weighted by Crippen LogP contribution is 2.45. The van der Waals surface area contributed by atoms with Gasteiger partial charge in [-0.05, 0) is 57.2 Å². The van der Waals surface area contributed by atoms with Crippen molar-refractivity contribution in [3.63, 3.8) is 0 Å². The molecule has 2 aliphatic rings. The second kappa shape index (κ2) is 9.62. The third-order valence-corrected chi connectivity index (χ3v) is 5.64. The summed E-state index contributed by atoms with van der Waals surface area (Å²) in [6.07, 6.45) is 6.75. The van der Waals surface area contributed by atoms with Crippen LogP contribution in [-0.2, 0) is 0 Å². The second-order valence-electron chi connectivity index (χ2n) is 8.30. The first kappa shape index (κ1) is 19.5. The summed E-state index contributed by atoms with van der Waals surface area (Å²) < 4.78 is 0. The maximum Gasteiger partial charge on any atom is 0.191 e. The first-order valence-corrected chi connectivity index (χ1v) is 9.88. The number of hydrogen-bond acceptors (Lipinski definition) is 3. The highest BCUT2D eigenvalue weighted by atomic mass is 15.2. The van der Waals surface area contributed by atoms with Gasteiger partial charge < -0.3 is 20.4 Å². The summed E-state index contributed by atoms with van der Waals surface area (Å²) in [7, 11) is 4.10. The van der Waals surface area contributed by atoms with Gasteiger partial charge in [0.1, 0.15) is 0 Å². The van der Waals surface area contributed by atoms with E-state index in [0.29, 0.717) is 5.41 Å². The lowest BCUT2D eigenvalue weighted by Gasteiger charge is -2.43. The molecule has 0 aromatic rings. The van der Waals surface area contributed by atoms with E-state index in [4.69, 9.17) is 0 Å². The summed E-state index contributed by atoms with van der Waals surface area (Å²) in [5, 5.41) is 7.09. The van der Waals surface area contributed by atoms with Crippen molar-refractivity contribution in [2.75, 3.05) is 59.9 Å². The fourth-order valence-electron chi connectivity index (χ4n) is 4.14. The molecule has 24 heavy (non-hydrogen) atoms. The van der Waals surface area contributed by atoms with Crippen LogP contribution >= 0.6 is 0 Å². The van der Waals surface area contributed by atoms with E-state index in [2.05, 4.69) is 46.3 Å². The maximum atomic E-state index is 4.41. The molecule has 0 unspecified atom stereocenters. The smallest absolute Gasteiger partial charge is 0.191 e. The molecule has 2 fully saturated rings. The Morgan fingerprint density at radius 2 is 1.88 bits per heavy atom. The third kappa shape index (κ3) is 6.25. The third-order valence-electron chi connectivity index (χ3n) is 5.64. The maximum absolute atomic E-state index is 4.41. The van der Waals surface area contributed by atoms with Crippen LogP contribution in [0.4, 0.5) is 0 Å². The number of guanidine groups is 1. The van der Waals surface area contributed by atoms with Crippen molar-refractivity contribution in [2.24, 2.45) is 16.3 Å². The van der Waals surface area contributed by atoms with Crippen LogP contribution in [0.25, 0.3) is 0 Å². The summed E-state index contributed by atoms with van der Waals surface area (Å²) in [4.78, 5) is 9.41. The number of aliphatic imine (C=N–C) groups is 1. The van der Waals surface area contributed by atoms with E-state index in [9.17, 15) is 0 Å². The molecule has 0 atom stereocenters. The van der Waals surface area contributed by atoms with Crippen LogP contribution < -0.4 is 10.6 Å². The van der Waals surface area contributed by atoms with Crippen LogP contribution in [0, 0.1) is 11.3 Å². The molecule has 2 N–H and O–H groups in total. The van der Waals surface area contributed by atoms with Crippen LogP contribution in [-0.4, -0.2) is 75.7 Å². The van der Waals surface area contributed by atoms with Crippen molar-refractivity contribution >= 4 is 5.96 Å². The first-order chi connectivity index (χ1) is 11.5. The fraction of sp³-hybridized carbons (Fsp3) is 0.947. The Hall–Kier alpha value is -0.810. The minimum absolute atomic E-state index is 0.515. The van der Waals surface area contributed by atoms with E-state index in [1.165, 1.54) is 58.3 Å². The molecular formula is C19H39N5. The number of likely N-dealkylation sites (N-methyl/N-ethyl adjacent to an activating group) is 1. The highest BCUT2D eigenvalue weighted by Gasteiger charge is 2.37. The molecule has 2 rings (SSSR count). The Morgan fingerprint density at radius 1 is 1.08 bits per heavy atom. The van der Waals surface area contributed by atoms with Gasteiger partial charge in [0, 0.05) is 39.8 Å². The molecule has 0 aromatic heterocycles. The minimum Gasteiger partial charge on any atom is -0.356 e. The van der Waals surface area contributed by atoms with Gasteiger partial charge in [0.15, 0.2) is 5.96 Å². The molecule has 140 valence electrons. The number of nitrogens with zero attached hydrogens (tertiary/aromatic N) is 3. The van der Waals surface area contributed by atoms with E-state index >= 15 is 0 Å². The molecule has 1 aliphatic heterocycles. The molecule has 5 nitrogen and oxygen atoms in total. The average molecular weight is 338 g/mol. The van der Waals surface area contributed by atoms with Crippen molar-refractivity contribution in [3.8, 4) is 0 Å². The van der Waals surface area contributed by atoms with Crippen LogP contribution in [0.1, 0.15) is 46.0 Å². The topological polar surface area (TPSA) is 42.9 Å². The predicted molar refractivity (Wildman–Crippen MR) is 104 cm³/mol. The predicted octanol–water partition coefficient (Wildman–Crippen LogP) is 2.01. The van der Waals surface area contributed by atoms with E-state index in [0.717, 1.165) is 31.5 Å². The molecule has 0 aromatic carbocycles. The van der Waals surface area contributed by atoms with E-state index in [-0.39, 0.29) is 0 Å². The van der Waals surface area contributed by atoms with Crippen LogP contribution in [0.5, 0.6) is 0 Å². The van der Waals surface area contributed by atoms with Gasteiger partial charge in [-0.1, -0.05) is 20.3 Å². The molecule has 0 amide bonds. The molecule has 1 heterocycles. The van der Waals surface area contributed by atoms with Crippen molar-refractivity contribution < 1.29 is 0 Å². The Kier molecular flexibility index (Phi) is 7.82. The van der Waals surface area contributed by atoms with Crippen molar-refractivity contribution in [3.05, 3.63) is 0 Å². The van der Waals surface area contributed by atoms with Gasteiger partial charge in [-0.3, -0.25) is 4.99 Å². The van der Waals surface area contributed by atoms with Gasteiger partial charge in [-0.25, -0.2) is 0 Å². The summed E-state index contributed by atoms with van der Waals surface area (Å²) in [5.74, 6) is 1.75. The molecule has 1 aliphatic carbocycles. The zero-order chi connectivity index (χ0) is 17.4. The minimum atomic E-state index is 0.515.